The number of alkyl halides is 6. The average molecular weight is 351 g/mol. The van der Waals surface area contributed by atoms with Crippen molar-refractivity contribution in [2.75, 3.05) is 0 Å². The van der Waals surface area contributed by atoms with Gasteiger partial charge < -0.3 is 0 Å². The number of allylic oxidation sites excluding steroid dienone is 1. The highest BCUT2D eigenvalue weighted by atomic mass is 35.5. The van der Waals surface area contributed by atoms with E-state index < -0.39 is 32.3 Å². The molecule has 1 saturated carbocycles. The van der Waals surface area contributed by atoms with Gasteiger partial charge >= 0.3 is 0 Å². The van der Waals surface area contributed by atoms with Crippen LogP contribution in [0.1, 0.15) is 6.92 Å². The van der Waals surface area contributed by atoms with Crippen molar-refractivity contribution < 1.29 is 4.39 Å². The van der Waals surface area contributed by atoms with Gasteiger partial charge in [0.25, 0.3) is 0 Å². The van der Waals surface area contributed by atoms with Crippen LogP contribution in [0.4, 0.5) is 4.39 Å². The molecule has 0 heterocycles. The first kappa shape index (κ1) is 17.4. The first-order valence-electron chi connectivity index (χ1n) is 4.44. The van der Waals surface area contributed by atoms with E-state index >= 15 is 0 Å². The monoisotopic (exact) mass is 348 g/mol. The van der Waals surface area contributed by atoms with Gasteiger partial charge in [-0.25, -0.2) is 4.39 Å². The maximum absolute atomic E-state index is 10.5. The molecule has 0 atom stereocenters. The highest BCUT2D eigenvalue weighted by molar-refractivity contribution is 6.45. The fourth-order valence-corrected chi connectivity index (χ4v) is 3.38. The first-order chi connectivity index (χ1) is 7.38. The topological polar surface area (TPSA) is 0 Å². The summed E-state index contributed by atoms with van der Waals surface area (Å²) in [6, 6.07) is 0. The van der Waals surface area contributed by atoms with Crippen LogP contribution in [0.25, 0.3) is 0 Å². The molecule has 0 saturated heterocycles. The van der Waals surface area contributed by atoms with Gasteiger partial charge in [-0.3, -0.25) is 0 Å². The van der Waals surface area contributed by atoms with Gasteiger partial charge in [0.2, 0.25) is 0 Å². The Balaban J connectivity index is 0.000000487. The molecule has 0 spiro atoms. The van der Waals surface area contributed by atoms with E-state index in [1.54, 1.807) is 6.92 Å². The van der Waals surface area contributed by atoms with Gasteiger partial charge in [0.05, 0.1) is 38.6 Å². The molecule has 0 radical (unpaired) electrons. The second kappa shape index (κ2) is 8.50. The average Bonchev–Trinajstić information content (AvgIpc) is 2.31. The largest absolute Gasteiger partial charge is 0.216 e. The number of rotatable bonds is 0. The van der Waals surface area contributed by atoms with Gasteiger partial charge in [-0.15, -0.1) is 69.6 Å². The highest BCUT2D eigenvalue weighted by Crippen LogP contribution is 2.39. The van der Waals surface area contributed by atoms with Crippen LogP contribution in [0.2, 0.25) is 0 Å². The molecule has 0 aromatic heterocycles. The Morgan fingerprint density at radius 3 is 0.875 bits per heavy atom. The van der Waals surface area contributed by atoms with Crippen molar-refractivity contribution in [3.63, 3.8) is 0 Å². The van der Waals surface area contributed by atoms with Crippen molar-refractivity contribution >= 4 is 69.6 Å². The van der Waals surface area contributed by atoms with Gasteiger partial charge in [-0.1, -0.05) is 6.08 Å². The molecule has 0 nitrogen and oxygen atoms in total. The molecule has 1 aliphatic rings. The van der Waals surface area contributed by atoms with Crippen molar-refractivity contribution in [3.05, 3.63) is 12.4 Å². The lowest BCUT2D eigenvalue weighted by Gasteiger charge is -2.37. The molecule has 1 fully saturated rings. The maximum Gasteiger partial charge on any atom is 0.0824 e. The Labute approximate surface area is 125 Å². The maximum atomic E-state index is 10.5. The fraction of sp³-hybridized carbons (Fsp3) is 0.778. The van der Waals surface area contributed by atoms with Crippen molar-refractivity contribution in [2.24, 2.45) is 0 Å². The standard InChI is InChI=1S/C6H6Cl6.C3H5F/c7-1-2(8)4(10)6(12)5(11)3(1)9;1-2-3-4/h1-6H;2-3H,1H3/b;3-2+/t1-,2-,3-,4+,5+,6+;. The predicted molar refractivity (Wildman–Crippen MR) is 73.8 cm³/mol. The molecule has 1 aliphatic carbocycles. The van der Waals surface area contributed by atoms with Crippen LogP contribution in [0.15, 0.2) is 12.4 Å². The van der Waals surface area contributed by atoms with E-state index in [1.807, 2.05) is 0 Å². The third-order valence-electron chi connectivity index (χ3n) is 1.95. The van der Waals surface area contributed by atoms with Crippen LogP contribution < -0.4 is 0 Å². The Bertz CT molecular complexity index is 162. The molecule has 0 amide bonds. The van der Waals surface area contributed by atoms with Crippen LogP contribution in [-0.4, -0.2) is 32.3 Å². The Morgan fingerprint density at radius 2 is 0.812 bits per heavy atom. The summed E-state index contributed by atoms with van der Waals surface area (Å²) in [5.74, 6) is 0. The van der Waals surface area contributed by atoms with Crippen LogP contribution >= 0.6 is 69.6 Å². The second-order valence-corrected chi connectivity index (χ2v) is 6.15. The SMILES string of the molecule is C/C=C/F.Cl[C@H]1[C@H](Cl)[C@@H](Cl)[C@@H](Cl)[C@H](Cl)[C@H]1Cl. The van der Waals surface area contributed by atoms with E-state index in [4.69, 9.17) is 69.6 Å². The molecular formula is C9H11Cl6F. The summed E-state index contributed by atoms with van der Waals surface area (Å²) < 4.78 is 10.5. The van der Waals surface area contributed by atoms with Crippen molar-refractivity contribution in [2.45, 2.75) is 39.2 Å². The minimum Gasteiger partial charge on any atom is -0.216 e. The molecule has 0 unspecified atom stereocenters. The van der Waals surface area contributed by atoms with E-state index in [-0.39, 0.29) is 0 Å². The summed E-state index contributed by atoms with van der Waals surface area (Å²) in [6.07, 6.45) is 1.83. The van der Waals surface area contributed by atoms with E-state index in [2.05, 4.69) is 0 Å². The zero-order valence-corrected chi connectivity index (χ0v) is 12.8. The molecule has 7 heteroatoms. The van der Waals surface area contributed by atoms with Gasteiger partial charge in [-0.2, -0.15) is 0 Å². The Hall–Kier alpha value is 1.41. The fourth-order valence-electron chi connectivity index (χ4n) is 1.05. The van der Waals surface area contributed by atoms with Gasteiger partial charge in [0.1, 0.15) is 0 Å². The van der Waals surface area contributed by atoms with Crippen LogP contribution in [0, 0.1) is 0 Å². The van der Waals surface area contributed by atoms with Gasteiger partial charge in [0, 0.05) is 0 Å². The molecule has 16 heavy (non-hydrogen) atoms. The summed E-state index contributed by atoms with van der Waals surface area (Å²) in [5.41, 5.74) is 0. The van der Waals surface area contributed by atoms with Crippen molar-refractivity contribution in [1.82, 2.24) is 0 Å². The zero-order valence-electron chi connectivity index (χ0n) is 8.26. The van der Waals surface area contributed by atoms with E-state index in [0.717, 1.165) is 0 Å². The number of halogens is 7. The van der Waals surface area contributed by atoms with Crippen molar-refractivity contribution in [1.29, 1.82) is 0 Å². The van der Waals surface area contributed by atoms with E-state index in [9.17, 15) is 4.39 Å². The zero-order chi connectivity index (χ0) is 12.9. The number of hydrogen-bond donors (Lipinski definition) is 0. The molecule has 0 N–H and O–H groups in total. The van der Waals surface area contributed by atoms with Crippen LogP contribution in [0.5, 0.6) is 0 Å². The third-order valence-corrected chi connectivity index (χ3v) is 5.98. The number of hydrogen-bond acceptors (Lipinski definition) is 0. The normalized spacial score (nSPS) is 44.0. The molecule has 0 bridgehead atoms. The molecule has 0 aromatic carbocycles. The van der Waals surface area contributed by atoms with Crippen LogP contribution in [0.3, 0.4) is 0 Å². The molecule has 1 rings (SSSR count). The van der Waals surface area contributed by atoms with E-state index in [1.165, 1.54) is 6.08 Å². The predicted octanol–water partition coefficient (Wildman–Crippen LogP) is 5.13. The molecule has 0 aromatic rings. The van der Waals surface area contributed by atoms with Crippen molar-refractivity contribution in [3.8, 4) is 0 Å². The quantitative estimate of drug-likeness (QED) is 0.531. The molecular weight excluding hydrogens is 340 g/mol. The third kappa shape index (κ3) is 4.59. The van der Waals surface area contributed by atoms with Gasteiger partial charge in [-0.05, 0) is 6.92 Å². The lowest BCUT2D eigenvalue weighted by molar-refractivity contribution is 0.544. The van der Waals surface area contributed by atoms with Crippen LogP contribution in [-0.2, 0) is 0 Å². The van der Waals surface area contributed by atoms with Gasteiger partial charge in [0.15, 0.2) is 0 Å². The Kier molecular flexibility index (Phi) is 9.25. The lowest BCUT2D eigenvalue weighted by atomic mass is 9.97. The summed E-state index contributed by atoms with van der Waals surface area (Å²) in [7, 11) is 0. The first-order valence-corrected chi connectivity index (χ1v) is 7.06. The smallest absolute Gasteiger partial charge is 0.0824 e. The molecule has 0 aliphatic heterocycles. The minimum absolute atomic E-state index is 0.437. The Morgan fingerprint density at radius 1 is 0.688 bits per heavy atom. The molecule has 96 valence electrons. The summed E-state index contributed by atoms with van der Waals surface area (Å²) >= 11 is 35.3. The summed E-state index contributed by atoms with van der Waals surface area (Å²) in [6.45, 7) is 1.62. The second-order valence-electron chi connectivity index (χ2n) is 3.13. The lowest BCUT2D eigenvalue weighted by Crippen LogP contribution is -2.52. The summed E-state index contributed by atoms with van der Waals surface area (Å²) in [4.78, 5) is 0. The summed E-state index contributed by atoms with van der Waals surface area (Å²) in [5, 5.41) is -2.62. The minimum atomic E-state index is -0.437. The van der Waals surface area contributed by atoms with E-state index in [0.29, 0.717) is 6.33 Å². The highest BCUT2D eigenvalue weighted by Gasteiger charge is 2.46.